The van der Waals surface area contributed by atoms with E-state index in [4.69, 9.17) is 4.98 Å². The Bertz CT molecular complexity index is 805. The lowest BCUT2D eigenvalue weighted by molar-refractivity contribution is 0.276. The zero-order chi connectivity index (χ0) is 16.7. The highest BCUT2D eigenvalue weighted by Crippen LogP contribution is 2.31. The van der Waals surface area contributed by atoms with Crippen molar-refractivity contribution in [1.82, 2.24) is 14.5 Å². The minimum atomic E-state index is -0.722. The van der Waals surface area contributed by atoms with Gasteiger partial charge in [0, 0.05) is 36.8 Å². The Labute approximate surface area is 140 Å². The lowest BCUT2D eigenvalue weighted by Gasteiger charge is -2.29. The molecule has 4 rings (SSSR count). The monoisotopic (exact) mass is 330 g/mol. The van der Waals surface area contributed by atoms with Crippen molar-refractivity contribution >= 4 is 17.0 Å². The highest BCUT2D eigenvalue weighted by atomic mass is 19.1. The minimum absolute atomic E-state index is 0.0269. The number of halogens is 1. The molecule has 0 spiro atoms. The van der Waals surface area contributed by atoms with E-state index in [1.807, 2.05) is 22.6 Å². The molecule has 3 heterocycles. The first kappa shape index (κ1) is 15.5. The first-order chi connectivity index (χ1) is 11.6. The molecule has 128 valence electrons. The summed E-state index contributed by atoms with van der Waals surface area (Å²) in [5, 5.41) is 0.936. The predicted octanol–water partition coefficient (Wildman–Crippen LogP) is 3.15. The van der Waals surface area contributed by atoms with Crippen molar-refractivity contribution in [2.24, 2.45) is 0 Å². The molecular formula is C18H23FN4O. The molecule has 0 bridgehead atoms. The molecule has 5 nitrogen and oxygen atoms in total. The molecule has 0 N–H and O–H groups in total. The second-order valence-electron chi connectivity index (χ2n) is 7.04. The fourth-order valence-corrected chi connectivity index (χ4v) is 3.98. The van der Waals surface area contributed by atoms with Crippen LogP contribution in [0.1, 0.15) is 50.1 Å². The van der Waals surface area contributed by atoms with Gasteiger partial charge in [-0.25, -0.2) is 9.37 Å². The summed E-state index contributed by atoms with van der Waals surface area (Å²) >= 11 is 0. The average molecular weight is 330 g/mol. The third-order valence-electron chi connectivity index (χ3n) is 5.38. The molecule has 2 aliphatic rings. The maximum atomic E-state index is 13.4. The van der Waals surface area contributed by atoms with Crippen molar-refractivity contribution in [1.29, 1.82) is 0 Å². The molecule has 2 aromatic heterocycles. The maximum absolute atomic E-state index is 13.4. The Kier molecular flexibility index (Phi) is 3.98. The lowest BCUT2D eigenvalue weighted by atomic mass is 10.1. The normalized spacial score (nSPS) is 20.2. The fourth-order valence-electron chi connectivity index (χ4n) is 3.98. The number of nitrogens with zero attached hydrogens (tertiary/aromatic N) is 4. The van der Waals surface area contributed by atoms with E-state index in [2.05, 4.69) is 4.98 Å². The highest BCUT2D eigenvalue weighted by Gasteiger charge is 2.24. The third kappa shape index (κ3) is 2.68. The van der Waals surface area contributed by atoms with Crippen molar-refractivity contribution in [3.63, 3.8) is 0 Å². The number of pyridine rings is 1. The van der Waals surface area contributed by atoms with E-state index in [1.54, 1.807) is 6.07 Å². The van der Waals surface area contributed by atoms with Crippen molar-refractivity contribution < 1.29 is 4.39 Å². The van der Waals surface area contributed by atoms with E-state index in [0.717, 1.165) is 42.3 Å². The molecule has 1 aliphatic carbocycles. The first-order valence-corrected chi connectivity index (χ1v) is 8.91. The van der Waals surface area contributed by atoms with Gasteiger partial charge in [-0.15, -0.1) is 0 Å². The molecule has 6 heteroatoms. The van der Waals surface area contributed by atoms with Gasteiger partial charge in [-0.05, 0) is 38.2 Å². The lowest BCUT2D eigenvalue weighted by Crippen LogP contribution is -2.35. The number of aromatic nitrogens is 3. The summed E-state index contributed by atoms with van der Waals surface area (Å²) in [4.78, 5) is 23.9. The molecule has 2 fully saturated rings. The van der Waals surface area contributed by atoms with E-state index in [1.165, 1.54) is 0 Å². The van der Waals surface area contributed by atoms with Gasteiger partial charge in [-0.3, -0.25) is 9.36 Å². The Morgan fingerprint density at radius 2 is 1.88 bits per heavy atom. The van der Waals surface area contributed by atoms with Crippen molar-refractivity contribution in [2.45, 2.75) is 57.7 Å². The molecule has 1 saturated heterocycles. The summed E-state index contributed by atoms with van der Waals surface area (Å²) in [5.74, 6) is 0.617. The van der Waals surface area contributed by atoms with Crippen LogP contribution in [0, 0.1) is 6.92 Å². The van der Waals surface area contributed by atoms with Gasteiger partial charge in [0.25, 0.3) is 5.56 Å². The highest BCUT2D eigenvalue weighted by molar-refractivity contribution is 5.79. The van der Waals surface area contributed by atoms with Gasteiger partial charge in [0.1, 0.15) is 11.8 Å². The van der Waals surface area contributed by atoms with Gasteiger partial charge < -0.3 is 4.90 Å². The number of alkyl halides is 1. The second kappa shape index (κ2) is 6.15. The number of fused-ring (bicyclic) bond motifs is 1. The number of piperidine rings is 1. The fraction of sp³-hybridized carbons (Fsp3) is 0.611. The van der Waals surface area contributed by atoms with E-state index in [9.17, 15) is 9.18 Å². The molecule has 1 aliphatic heterocycles. The van der Waals surface area contributed by atoms with E-state index >= 15 is 0 Å². The molecule has 0 radical (unpaired) electrons. The van der Waals surface area contributed by atoms with Gasteiger partial charge in [-0.1, -0.05) is 12.8 Å². The molecule has 24 heavy (non-hydrogen) atoms. The summed E-state index contributed by atoms with van der Waals surface area (Å²) < 4.78 is 15.3. The predicted molar refractivity (Wildman–Crippen MR) is 92.4 cm³/mol. The number of anilines is 1. The van der Waals surface area contributed by atoms with E-state index < -0.39 is 6.17 Å². The van der Waals surface area contributed by atoms with E-state index in [-0.39, 0.29) is 11.6 Å². The number of hydrogen-bond donors (Lipinski definition) is 0. The van der Waals surface area contributed by atoms with Crippen LogP contribution in [0.4, 0.5) is 10.3 Å². The van der Waals surface area contributed by atoms with Crippen molar-refractivity contribution in [3.05, 3.63) is 28.2 Å². The van der Waals surface area contributed by atoms with Crippen LogP contribution < -0.4 is 10.5 Å². The smallest absolute Gasteiger partial charge is 0.252 e. The van der Waals surface area contributed by atoms with E-state index in [0.29, 0.717) is 31.9 Å². The van der Waals surface area contributed by atoms with Crippen molar-refractivity contribution in [3.8, 4) is 0 Å². The summed E-state index contributed by atoms with van der Waals surface area (Å²) in [7, 11) is 0. The first-order valence-electron chi connectivity index (χ1n) is 8.91. The van der Waals surface area contributed by atoms with Gasteiger partial charge in [0.05, 0.1) is 0 Å². The number of hydrogen-bond acceptors (Lipinski definition) is 4. The van der Waals surface area contributed by atoms with Gasteiger partial charge in [-0.2, -0.15) is 4.98 Å². The van der Waals surface area contributed by atoms with Crippen LogP contribution in [0.2, 0.25) is 0 Å². The minimum Gasteiger partial charge on any atom is -0.341 e. The molecule has 0 atom stereocenters. The third-order valence-corrected chi connectivity index (χ3v) is 5.38. The SMILES string of the molecule is Cc1cc(=O)n(C2CCCC2)c2nc(N3CCC(F)CC3)ncc12. The molecular weight excluding hydrogens is 307 g/mol. The molecule has 0 amide bonds. The molecule has 0 aromatic carbocycles. The van der Waals surface area contributed by atoms with Crippen LogP contribution in [-0.2, 0) is 0 Å². The van der Waals surface area contributed by atoms with Crippen LogP contribution in [0.5, 0.6) is 0 Å². The summed E-state index contributed by atoms with van der Waals surface area (Å²) in [6, 6.07) is 1.93. The second-order valence-corrected chi connectivity index (χ2v) is 7.04. The van der Waals surface area contributed by atoms with Gasteiger partial charge >= 0.3 is 0 Å². The average Bonchev–Trinajstić information content (AvgIpc) is 3.09. The number of rotatable bonds is 2. The standard InChI is InChI=1S/C18H23FN4O/c1-12-10-16(24)23(14-4-2-3-5-14)17-15(12)11-20-18(21-17)22-8-6-13(19)7-9-22/h10-11,13-14H,2-9H2,1H3. The quantitative estimate of drug-likeness (QED) is 0.849. The number of aryl methyl sites for hydroxylation is 1. The zero-order valence-electron chi connectivity index (χ0n) is 14.0. The Hall–Kier alpha value is -1.98. The molecule has 1 saturated carbocycles. The van der Waals surface area contributed by atoms with Gasteiger partial charge in [0.2, 0.25) is 5.95 Å². The Balaban J connectivity index is 1.82. The summed E-state index contributed by atoms with van der Waals surface area (Å²) in [5.41, 5.74) is 1.68. The topological polar surface area (TPSA) is 51.0 Å². The Morgan fingerprint density at radius 1 is 1.17 bits per heavy atom. The van der Waals surface area contributed by atoms with Crippen LogP contribution >= 0.6 is 0 Å². The Morgan fingerprint density at radius 3 is 2.58 bits per heavy atom. The zero-order valence-corrected chi connectivity index (χ0v) is 14.0. The van der Waals surface area contributed by atoms with Crippen LogP contribution in [0.15, 0.2) is 17.1 Å². The molecule has 2 aromatic rings. The maximum Gasteiger partial charge on any atom is 0.252 e. The van der Waals surface area contributed by atoms with Crippen molar-refractivity contribution in [2.75, 3.05) is 18.0 Å². The van der Waals surface area contributed by atoms with Crippen LogP contribution in [-0.4, -0.2) is 33.8 Å². The van der Waals surface area contributed by atoms with Crippen LogP contribution in [0.25, 0.3) is 11.0 Å². The van der Waals surface area contributed by atoms with Gasteiger partial charge in [0.15, 0.2) is 0 Å². The largest absolute Gasteiger partial charge is 0.341 e. The van der Waals surface area contributed by atoms with Crippen LogP contribution in [0.3, 0.4) is 0 Å². The summed E-state index contributed by atoms with van der Waals surface area (Å²) in [6.07, 6.45) is 6.52. The summed E-state index contributed by atoms with van der Waals surface area (Å²) in [6.45, 7) is 3.19. The molecule has 0 unspecified atom stereocenters.